The van der Waals surface area contributed by atoms with E-state index in [1.807, 2.05) is 0 Å². The normalized spacial score (nSPS) is 16.2. The zero-order valence-electron chi connectivity index (χ0n) is 21.4. The van der Waals surface area contributed by atoms with E-state index in [1.54, 1.807) is 66.2 Å². The van der Waals surface area contributed by atoms with Crippen LogP contribution in [0.3, 0.4) is 0 Å². The van der Waals surface area contributed by atoms with Gasteiger partial charge in [0.1, 0.15) is 0 Å². The van der Waals surface area contributed by atoms with Crippen LogP contribution in [0, 0.1) is 0 Å². The van der Waals surface area contributed by atoms with Gasteiger partial charge >= 0.3 is 6.03 Å². The number of hydrogen-bond acceptors (Lipinski definition) is 4. The summed E-state index contributed by atoms with van der Waals surface area (Å²) >= 11 is 11.6. The van der Waals surface area contributed by atoms with Crippen LogP contribution in [-0.4, -0.2) is 82.4 Å². The lowest BCUT2D eigenvalue weighted by atomic mass is 10.0. The predicted octanol–water partition coefficient (Wildman–Crippen LogP) is 3.99. The molecule has 0 bridgehead atoms. The van der Waals surface area contributed by atoms with Gasteiger partial charge in [0, 0.05) is 55.6 Å². The van der Waals surface area contributed by atoms with E-state index in [4.69, 9.17) is 23.2 Å². The minimum absolute atomic E-state index is 0.160. The molecular formula is C26H36Cl2N4O4. The summed E-state index contributed by atoms with van der Waals surface area (Å²) in [5.41, 5.74) is 1.02. The second-order valence-electron chi connectivity index (χ2n) is 8.31. The topological polar surface area (TPSA) is 90.0 Å². The van der Waals surface area contributed by atoms with Crippen LogP contribution in [-0.2, 0) is 14.4 Å². The maximum Gasteiger partial charge on any atom is 0.330 e. The SMILES string of the molecule is C=C/C=C\C=C(/C)N(C(=O)N(C)C(C)=O)C1CCN(C(=O)CNC(=O)C(/C=C\CCl)=C/C(C)Cl)CC1. The van der Waals surface area contributed by atoms with Crippen LogP contribution in [0.1, 0.15) is 33.6 Å². The highest BCUT2D eigenvalue weighted by Crippen LogP contribution is 2.22. The number of piperidine rings is 1. The fourth-order valence-electron chi connectivity index (χ4n) is 3.61. The smallest absolute Gasteiger partial charge is 0.330 e. The molecule has 1 saturated heterocycles. The van der Waals surface area contributed by atoms with Crippen molar-refractivity contribution in [2.45, 2.75) is 45.0 Å². The van der Waals surface area contributed by atoms with Gasteiger partial charge in [0.25, 0.3) is 5.91 Å². The van der Waals surface area contributed by atoms with Crippen LogP contribution in [0.4, 0.5) is 4.79 Å². The molecule has 8 nitrogen and oxygen atoms in total. The van der Waals surface area contributed by atoms with Crippen LogP contribution in [0.5, 0.6) is 0 Å². The molecule has 1 heterocycles. The van der Waals surface area contributed by atoms with E-state index in [0.717, 1.165) is 4.90 Å². The molecule has 1 aliphatic rings. The van der Waals surface area contributed by atoms with Crippen molar-refractivity contribution in [1.29, 1.82) is 0 Å². The number of alkyl halides is 2. The number of nitrogens with one attached hydrogen (secondary N) is 1. The minimum Gasteiger partial charge on any atom is -0.343 e. The zero-order chi connectivity index (χ0) is 27.3. The second-order valence-corrected chi connectivity index (χ2v) is 9.31. The Balaban J connectivity index is 2.85. The first kappa shape index (κ1) is 31.2. The molecule has 198 valence electrons. The fraction of sp³-hybridized carbons (Fsp3) is 0.462. The monoisotopic (exact) mass is 538 g/mol. The Morgan fingerprint density at radius 3 is 2.33 bits per heavy atom. The first-order valence-electron chi connectivity index (χ1n) is 11.7. The van der Waals surface area contributed by atoms with Crippen molar-refractivity contribution < 1.29 is 19.2 Å². The number of imide groups is 1. The third-order valence-electron chi connectivity index (χ3n) is 5.57. The number of likely N-dealkylation sites (tertiary alicyclic amines) is 1. The summed E-state index contributed by atoms with van der Waals surface area (Å²) in [6, 6.07) is -0.607. The van der Waals surface area contributed by atoms with E-state index < -0.39 is 11.9 Å². The molecule has 0 aliphatic carbocycles. The number of amides is 5. The fourth-order valence-corrected chi connectivity index (χ4v) is 3.84. The first-order chi connectivity index (χ1) is 17.0. The number of allylic oxidation sites excluding steroid dienone is 7. The molecule has 0 aromatic carbocycles. The lowest BCUT2D eigenvalue weighted by Crippen LogP contribution is -2.52. The van der Waals surface area contributed by atoms with Crippen molar-refractivity contribution in [2.24, 2.45) is 0 Å². The van der Waals surface area contributed by atoms with Crippen LogP contribution >= 0.6 is 23.2 Å². The van der Waals surface area contributed by atoms with E-state index in [2.05, 4.69) is 11.9 Å². The van der Waals surface area contributed by atoms with Gasteiger partial charge in [-0.2, -0.15) is 0 Å². The van der Waals surface area contributed by atoms with Crippen molar-refractivity contribution in [2.75, 3.05) is 32.6 Å². The van der Waals surface area contributed by atoms with Gasteiger partial charge in [-0.15, -0.1) is 23.2 Å². The molecule has 1 unspecified atom stereocenters. The third-order valence-corrected chi connectivity index (χ3v) is 5.87. The number of rotatable bonds is 10. The molecule has 1 atom stereocenters. The summed E-state index contributed by atoms with van der Waals surface area (Å²) in [4.78, 5) is 54.4. The average molecular weight is 540 g/mol. The van der Waals surface area contributed by atoms with E-state index >= 15 is 0 Å². The van der Waals surface area contributed by atoms with Crippen molar-refractivity contribution >= 4 is 47.0 Å². The molecule has 0 saturated carbocycles. The first-order valence-corrected chi connectivity index (χ1v) is 12.7. The lowest BCUT2D eigenvalue weighted by Gasteiger charge is -2.40. The van der Waals surface area contributed by atoms with Gasteiger partial charge < -0.3 is 10.2 Å². The molecule has 1 N–H and O–H groups in total. The van der Waals surface area contributed by atoms with Gasteiger partial charge in [-0.25, -0.2) is 4.79 Å². The molecule has 1 rings (SSSR count). The summed E-state index contributed by atoms with van der Waals surface area (Å²) in [6.07, 6.45) is 12.8. The van der Waals surface area contributed by atoms with E-state index in [-0.39, 0.29) is 35.7 Å². The van der Waals surface area contributed by atoms with Crippen LogP contribution < -0.4 is 5.32 Å². The van der Waals surface area contributed by atoms with Crippen LogP contribution in [0.25, 0.3) is 0 Å². The summed E-state index contributed by atoms with van der Waals surface area (Å²) in [5, 5.41) is 2.27. The molecule has 36 heavy (non-hydrogen) atoms. The summed E-state index contributed by atoms with van der Waals surface area (Å²) < 4.78 is 0. The Morgan fingerprint density at radius 1 is 1.17 bits per heavy atom. The zero-order valence-corrected chi connectivity index (χ0v) is 22.9. The van der Waals surface area contributed by atoms with Crippen LogP contribution in [0.2, 0.25) is 0 Å². The molecule has 5 amide bonds. The van der Waals surface area contributed by atoms with E-state index in [0.29, 0.717) is 37.2 Å². The summed E-state index contributed by atoms with van der Waals surface area (Å²) in [6.45, 7) is 9.17. The Labute approximate surface area is 223 Å². The molecule has 0 aromatic rings. The minimum atomic E-state index is -0.418. The van der Waals surface area contributed by atoms with E-state index in [9.17, 15) is 19.2 Å². The average Bonchev–Trinajstić information content (AvgIpc) is 2.84. The van der Waals surface area contributed by atoms with Crippen LogP contribution in [0.15, 0.2) is 60.4 Å². The lowest BCUT2D eigenvalue weighted by molar-refractivity contribution is -0.133. The number of carbonyl (C=O) groups excluding carboxylic acids is 4. The Kier molecular flexibility index (Phi) is 13.9. The van der Waals surface area contributed by atoms with Gasteiger partial charge in [0.05, 0.1) is 6.54 Å². The third kappa shape index (κ3) is 10.0. The van der Waals surface area contributed by atoms with Crippen molar-refractivity contribution in [1.82, 2.24) is 20.0 Å². The molecule has 1 fully saturated rings. The Hall–Kier alpha value is -2.84. The largest absolute Gasteiger partial charge is 0.343 e. The van der Waals surface area contributed by atoms with E-state index in [1.165, 1.54) is 14.0 Å². The number of halogens is 2. The quantitative estimate of drug-likeness (QED) is 0.258. The summed E-state index contributed by atoms with van der Waals surface area (Å²) in [5.74, 6) is -0.748. The standard InChI is InChI=1S/C26H36Cl2N4O4/c1-6-7-8-10-20(3)32(26(36)30(5)21(4)33)23-12-15-31(16-13-23)24(34)18-29-25(35)22(11-9-14-27)17-19(2)28/h6-11,17,19,23H,1,12-16,18H2,2-5H3,(H,29,35)/b8-7-,11-9-,20-10+,22-17+. The van der Waals surface area contributed by atoms with Gasteiger partial charge in [0.15, 0.2) is 0 Å². The Morgan fingerprint density at radius 2 is 1.81 bits per heavy atom. The van der Waals surface area contributed by atoms with Crippen molar-refractivity contribution in [3.63, 3.8) is 0 Å². The summed E-state index contributed by atoms with van der Waals surface area (Å²) in [7, 11) is 1.45. The molecule has 1 aliphatic heterocycles. The van der Waals surface area contributed by atoms with Gasteiger partial charge in [-0.05, 0) is 32.8 Å². The highest BCUT2D eigenvalue weighted by molar-refractivity contribution is 6.22. The maximum atomic E-state index is 13.1. The molecular weight excluding hydrogens is 503 g/mol. The molecule has 0 aromatic heterocycles. The van der Waals surface area contributed by atoms with Gasteiger partial charge in [0.2, 0.25) is 11.8 Å². The highest BCUT2D eigenvalue weighted by Gasteiger charge is 2.33. The number of urea groups is 1. The number of hydrogen-bond donors (Lipinski definition) is 1. The van der Waals surface area contributed by atoms with Gasteiger partial charge in [-0.3, -0.25) is 24.2 Å². The van der Waals surface area contributed by atoms with Gasteiger partial charge in [-0.1, -0.05) is 43.0 Å². The molecule has 0 spiro atoms. The predicted molar refractivity (Wildman–Crippen MR) is 145 cm³/mol. The van der Waals surface area contributed by atoms with Crippen molar-refractivity contribution in [3.05, 3.63) is 60.4 Å². The number of nitrogens with zero attached hydrogens (tertiary/aromatic N) is 3. The highest BCUT2D eigenvalue weighted by atomic mass is 35.5. The number of carbonyl (C=O) groups is 4. The van der Waals surface area contributed by atoms with Crippen molar-refractivity contribution in [3.8, 4) is 0 Å². The Bertz CT molecular complexity index is 932. The molecule has 0 radical (unpaired) electrons. The second kappa shape index (κ2) is 16.0. The maximum absolute atomic E-state index is 13.1. The molecule has 10 heteroatoms.